The fourth-order valence-electron chi connectivity index (χ4n) is 3.94. The second-order valence-electron chi connectivity index (χ2n) is 8.17. The van der Waals surface area contributed by atoms with E-state index in [9.17, 15) is 0 Å². The quantitative estimate of drug-likeness (QED) is 0.505. The van der Waals surface area contributed by atoms with Gasteiger partial charge in [-0.1, -0.05) is 6.07 Å². The third-order valence-corrected chi connectivity index (χ3v) is 5.79. The summed E-state index contributed by atoms with van der Waals surface area (Å²) in [4.78, 5) is 21.7. The van der Waals surface area contributed by atoms with Gasteiger partial charge in [-0.3, -0.25) is 14.9 Å². The molecule has 0 radical (unpaired) electrons. The van der Waals surface area contributed by atoms with E-state index in [-0.39, 0.29) is 0 Å². The topological polar surface area (TPSA) is 73.0 Å². The van der Waals surface area contributed by atoms with Crippen LogP contribution in [0, 0.1) is 0 Å². The van der Waals surface area contributed by atoms with Crippen molar-refractivity contribution in [2.45, 2.75) is 13.1 Å². The predicted octanol–water partition coefficient (Wildman–Crippen LogP) is 3.38. The lowest BCUT2D eigenvalue weighted by atomic mass is 10.1. The first-order chi connectivity index (χ1) is 15.2. The lowest BCUT2D eigenvalue weighted by Gasteiger charge is -2.31. The molecule has 0 bridgehead atoms. The van der Waals surface area contributed by atoms with Gasteiger partial charge in [-0.2, -0.15) is 0 Å². The van der Waals surface area contributed by atoms with E-state index in [1.54, 1.807) is 6.20 Å². The Bertz CT molecular complexity index is 1150. The highest BCUT2D eigenvalue weighted by Gasteiger charge is 2.15. The van der Waals surface area contributed by atoms with Gasteiger partial charge in [0.15, 0.2) is 0 Å². The van der Waals surface area contributed by atoms with Crippen LogP contribution in [0.15, 0.2) is 61.2 Å². The van der Waals surface area contributed by atoms with Crippen LogP contribution < -0.4 is 5.32 Å². The molecule has 0 unspecified atom stereocenters. The van der Waals surface area contributed by atoms with Gasteiger partial charge in [-0.15, -0.1) is 0 Å². The van der Waals surface area contributed by atoms with Crippen molar-refractivity contribution >= 4 is 16.7 Å². The zero-order valence-corrected chi connectivity index (χ0v) is 17.8. The minimum Gasteiger partial charge on any atom is -0.381 e. The Morgan fingerprint density at radius 3 is 2.68 bits per heavy atom. The summed E-state index contributed by atoms with van der Waals surface area (Å²) in [5.74, 6) is 1.03. The van der Waals surface area contributed by atoms with E-state index < -0.39 is 0 Å². The average Bonchev–Trinajstić information content (AvgIpc) is 3.21. The number of aromatic nitrogens is 4. The van der Waals surface area contributed by atoms with Crippen LogP contribution in [0.25, 0.3) is 22.2 Å². The van der Waals surface area contributed by atoms with E-state index in [2.05, 4.69) is 61.4 Å². The molecule has 1 saturated heterocycles. The van der Waals surface area contributed by atoms with Crippen LogP contribution in [-0.4, -0.2) is 63.0 Å². The summed E-state index contributed by atoms with van der Waals surface area (Å²) in [5, 5.41) is 3.51. The summed E-state index contributed by atoms with van der Waals surface area (Å²) in [6.45, 7) is 5.99. The number of nitrogens with zero attached hydrogens (tertiary/aromatic N) is 5. The molecule has 1 aromatic carbocycles. The first kappa shape index (κ1) is 19.7. The van der Waals surface area contributed by atoms with E-state index in [4.69, 9.17) is 4.98 Å². The molecule has 0 aliphatic carbocycles. The molecule has 1 aliphatic heterocycles. The molecule has 1 fully saturated rings. The van der Waals surface area contributed by atoms with Crippen LogP contribution in [0.4, 0.5) is 5.69 Å². The van der Waals surface area contributed by atoms with Crippen LogP contribution >= 0.6 is 0 Å². The Hall–Kier alpha value is -3.29. The summed E-state index contributed by atoms with van der Waals surface area (Å²) >= 11 is 0. The number of fused-ring (bicyclic) bond motifs is 1. The molecule has 7 heteroatoms. The molecule has 4 aromatic rings. The van der Waals surface area contributed by atoms with Gasteiger partial charge >= 0.3 is 0 Å². The molecule has 3 aromatic heterocycles. The van der Waals surface area contributed by atoms with Crippen molar-refractivity contribution in [1.29, 1.82) is 0 Å². The molecule has 0 saturated carbocycles. The van der Waals surface area contributed by atoms with Gasteiger partial charge in [0.2, 0.25) is 0 Å². The Morgan fingerprint density at radius 1 is 0.968 bits per heavy atom. The summed E-state index contributed by atoms with van der Waals surface area (Å²) in [7, 11) is 2.18. The Labute approximate surface area is 182 Å². The number of hydrogen-bond donors (Lipinski definition) is 2. The van der Waals surface area contributed by atoms with Crippen molar-refractivity contribution in [3.8, 4) is 11.1 Å². The fraction of sp³-hybridized carbons (Fsp3) is 0.292. The molecular formula is C24H27N7. The zero-order chi connectivity index (χ0) is 21.0. The number of imidazole rings is 1. The standard InChI is InChI=1S/C24H27N7/c1-30-7-9-31(10-8-30)17-24-28-22-5-4-21(12-23(22)29-24)27-14-18-11-20(16-26-13-18)19-3-2-6-25-15-19/h2-6,11-13,15-16,27H,7-10,14,17H2,1H3,(H,28,29). The number of piperazine rings is 1. The monoisotopic (exact) mass is 413 g/mol. The van der Waals surface area contributed by atoms with Crippen LogP contribution in [0.3, 0.4) is 0 Å². The predicted molar refractivity (Wildman–Crippen MR) is 124 cm³/mol. The van der Waals surface area contributed by atoms with E-state index in [0.717, 1.165) is 72.0 Å². The van der Waals surface area contributed by atoms with Gasteiger partial charge < -0.3 is 15.2 Å². The van der Waals surface area contributed by atoms with Crippen LogP contribution in [0.2, 0.25) is 0 Å². The fourth-order valence-corrected chi connectivity index (χ4v) is 3.94. The summed E-state index contributed by atoms with van der Waals surface area (Å²) in [6.07, 6.45) is 7.42. The molecule has 2 N–H and O–H groups in total. The number of hydrogen-bond acceptors (Lipinski definition) is 6. The maximum absolute atomic E-state index is 4.78. The van der Waals surface area contributed by atoms with Crippen molar-refractivity contribution in [3.63, 3.8) is 0 Å². The van der Waals surface area contributed by atoms with Gasteiger partial charge in [-0.25, -0.2) is 4.98 Å². The highest BCUT2D eigenvalue weighted by molar-refractivity contribution is 5.79. The number of nitrogens with one attached hydrogen (secondary N) is 2. The van der Waals surface area contributed by atoms with Gasteiger partial charge in [0.1, 0.15) is 5.82 Å². The first-order valence-corrected chi connectivity index (χ1v) is 10.7. The molecule has 158 valence electrons. The SMILES string of the molecule is CN1CCN(Cc2nc3ccc(NCc4cncc(-c5cccnc5)c4)cc3[nH]2)CC1. The molecular weight excluding hydrogens is 386 g/mol. The summed E-state index contributed by atoms with van der Waals surface area (Å²) < 4.78 is 0. The minimum absolute atomic E-state index is 0.703. The lowest BCUT2D eigenvalue weighted by molar-refractivity contribution is 0.146. The molecule has 0 amide bonds. The van der Waals surface area contributed by atoms with Crippen molar-refractivity contribution in [2.75, 3.05) is 38.5 Å². The highest BCUT2D eigenvalue weighted by atomic mass is 15.3. The third-order valence-electron chi connectivity index (χ3n) is 5.79. The molecule has 0 atom stereocenters. The smallest absolute Gasteiger partial charge is 0.121 e. The van der Waals surface area contributed by atoms with Crippen molar-refractivity contribution < 1.29 is 0 Å². The molecule has 0 spiro atoms. The second-order valence-corrected chi connectivity index (χ2v) is 8.17. The van der Waals surface area contributed by atoms with Crippen LogP contribution in [-0.2, 0) is 13.1 Å². The number of aromatic amines is 1. The Balaban J connectivity index is 1.25. The van der Waals surface area contributed by atoms with E-state index in [1.807, 2.05) is 30.7 Å². The van der Waals surface area contributed by atoms with E-state index in [1.165, 1.54) is 0 Å². The molecule has 5 rings (SSSR count). The summed E-state index contributed by atoms with van der Waals surface area (Å²) in [5.41, 5.74) is 6.41. The zero-order valence-electron chi connectivity index (χ0n) is 17.8. The van der Waals surface area contributed by atoms with Crippen molar-refractivity contribution in [1.82, 2.24) is 29.7 Å². The molecule has 1 aliphatic rings. The maximum Gasteiger partial charge on any atom is 0.121 e. The minimum atomic E-state index is 0.703. The number of pyridine rings is 2. The van der Waals surface area contributed by atoms with E-state index in [0.29, 0.717) is 6.54 Å². The number of H-pyrrole nitrogens is 1. The second kappa shape index (κ2) is 8.83. The molecule has 31 heavy (non-hydrogen) atoms. The number of benzene rings is 1. The number of likely N-dealkylation sites (N-methyl/N-ethyl adjacent to an activating group) is 1. The van der Waals surface area contributed by atoms with Gasteiger partial charge in [0, 0.05) is 74.3 Å². The average molecular weight is 414 g/mol. The Kier molecular flexibility index (Phi) is 5.60. The largest absolute Gasteiger partial charge is 0.381 e. The summed E-state index contributed by atoms with van der Waals surface area (Å²) in [6, 6.07) is 12.4. The maximum atomic E-state index is 4.78. The molecule has 4 heterocycles. The first-order valence-electron chi connectivity index (χ1n) is 10.7. The highest BCUT2D eigenvalue weighted by Crippen LogP contribution is 2.21. The van der Waals surface area contributed by atoms with Gasteiger partial charge in [0.25, 0.3) is 0 Å². The third kappa shape index (κ3) is 4.73. The normalized spacial score (nSPS) is 15.4. The Morgan fingerprint density at radius 2 is 1.84 bits per heavy atom. The van der Waals surface area contributed by atoms with Crippen molar-refractivity contribution in [2.24, 2.45) is 0 Å². The van der Waals surface area contributed by atoms with Crippen molar-refractivity contribution in [3.05, 3.63) is 72.6 Å². The lowest BCUT2D eigenvalue weighted by Crippen LogP contribution is -2.44. The van der Waals surface area contributed by atoms with E-state index >= 15 is 0 Å². The van der Waals surface area contributed by atoms with Crippen LogP contribution in [0.1, 0.15) is 11.4 Å². The number of rotatable bonds is 6. The molecule has 7 nitrogen and oxygen atoms in total. The van der Waals surface area contributed by atoms with Gasteiger partial charge in [0.05, 0.1) is 17.6 Å². The van der Waals surface area contributed by atoms with Gasteiger partial charge in [-0.05, 0) is 42.9 Å². The van der Waals surface area contributed by atoms with Crippen LogP contribution in [0.5, 0.6) is 0 Å². The number of anilines is 1.